The molecule has 0 rings (SSSR count). The summed E-state index contributed by atoms with van der Waals surface area (Å²) in [7, 11) is 0. The fourth-order valence-electron chi connectivity index (χ4n) is 0. The summed E-state index contributed by atoms with van der Waals surface area (Å²) in [6.07, 6.45) is 0.160. The first kappa shape index (κ1) is 12.2. The zero-order chi connectivity index (χ0) is 8.78. The fraction of sp³-hybridized carbons (Fsp3) is 0.833. The first-order valence-electron chi connectivity index (χ1n) is 3.00. The molecule has 0 saturated heterocycles. The second-order valence-corrected chi connectivity index (χ2v) is 2.14. The highest BCUT2D eigenvalue weighted by atomic mass is 16.5. The third kappa shape index (κ3) is 49.8. The molecule has 4 nitrogen and oxygen atoms in total. The summed E-state index contributed by atoms with van der Waals surface area (Å²) in [5, 5.41) is 16.3. The fourth-order valence-corrected chi connectivity index (χ4v) is 0. The molecular formula is C6H15NO3. The Morgan fingerprint density at radius 1 is 1.50 bits per heavy atom. The lowest BCUT2D eigenvalue weighted by molar-refractivity contribution is -0.156. The molecule has 0 aliphatic heterocycles. The molecule has 0 amide bonds. The highest BCUT2D eigenvalue weighted by molar-refractivity contribution is 5.72. The van der Waals surface area contributed by atoms with E-state index in [0.29, 0.717) is 0 Å². The Morgan fingerprint density at radius 3 is 1.60 bits per heavy atom. The lowest BCUT2D eigenvalue weighted by Crippen LogP contribution is -2.37. The summed E-state index contributed by atoms with van der Waals surface area (Å²) in [5.41, 5.74) is 4.65. The van der Waals surface area contributed by atoms with Gasteiger partial charge < -0.3 is 15.0 Å². The lowest BCUT2D eigenvalue weighted by atomic mass is 10.4. The van der Waals surface area contributed by atoms with Crippen LogP contribution in [-0.4, -0.2) is 21.9 Å². The maximum absolute atomic E-state index is 9.44. The first-order chi connectivity index (χ1) is 4.29. The van der Waals surface area contributed by atoms with E-state index in [1.165, 1.54) is 13.8 Å². The van der Waals surface area contributed by atoms with Gasteiger partial charge in [-0.25, -0.2) is 0 Å². The van der Waals surface area contributed by atoms with Crippen LogP contribution in [0, 0.1) is 0 Å². The predicted molar refractivity (Wildman–Crippen MR) is 38.0 cm³/mol. The normalized spacial score (nSPS) is 9.80. The van der Waals surface area contributed by atoms with Crippen molar-refractivity contribution in [2.75, 3.05) is 0 Å². The van der Waals surface area contributed by atoms with E-state index >= 15 is 0 Å². The van der Waals surface area contributed by atoms with Gasteiger partial charge in [-0.1, -0.05) is 6.92 Å². The molecule has 0 spiro atoms. The van der Waals surface area contributed by atoms with Crippen LogP contribution in [0.25, 0.3) is 0 Å². The molecule has 0 unspecified atom stereocenters. The second kappa shape index (κ2) is 5.34. The van der Waals surface area contributed by atoms with Gasteiger partial charge in [-0.05, 0) is 13.8 Å². The van der Waals surface area contributed by atoms with Crippen LogP contribution in [0.5, 0.6) is 0 Å². The smallest absolute Gasteiger partial charge is 0.219 e. The zero-order valence-electron chi connectivity index (χ0n) is 6.59. The predicted octanol–water partition coefficient (Wildman–Crippen LogP) is -0.411. The molecule has 0 aliphatic carbocycles. The molecule has 0 radical (unpaired) electrons. The van der Waals surface area contributed by atoms with Gasteiger partial charge >= 0.3 is 0 Å². The Morgan fingerprint density at radius 2 is 1.60 bits per heavy atom. The van der Waals surface area contributed by atoms with Crippen molar-refractivity contribution in [3.05, 3.63) is 0 Å². The van der Waals surface area contributed by atoms with Crippen molar-refractivity contribution in [1.82, 2.24) is 0 Å². The molecule has 0 atom stereocenters. The van der Waals surface area contributed by atoms with Crippen LogP contribution in [0.3, 0.4) is 0 Å². The van der Waals surface area contributed by atoms with Crippen LogP contribution in [0.1, 0.15) is 27.2 Å². The number of Topliss-reactive ketones (excluding diaryl/α,β-unsaturated/α-hetero) is 1. The largest absolute Gasteiger partial charge is 0.354 e. The molecule has 0 aromatic carbocycles. The average molecular weight is 149 g/mol. The molecule has 0 aromatic rings. The Labute approximate surface area is 60.7 Å². The van der Waals surface area contributed by atoms with E-state index in [9.17, 15) is 4.79 Å². The van der Waals surface area contributed by atoms with Crippen molar-refractivity contribution in [1.29, 1.82) is 0 Å². The van der Waals surface area contributed by atoms with Gasteiger partial charge in [0, 0.05) is 6.42 Å². The molecule has 4 N–H and O–H groups in total. The van der Waals surface area contributed by atoms with Crippen LogP contribution in [-0.2, 0) is 4.79 Å². The number of nitrogens with two attached hydrogens (primary N) is 1. The maximum Gasteiger partial charge on any atom is 0.219 e. The maximum atomic E-state index is 9.44. The molecule has 0 fully saturated rings. The molecule has 0 heterocycles. The van der Waals surface area contributed by atoms with Crippen molar-refractivity contribution in [3.63, 3.8) is 0 Å². The molecule has 0 bridgehead atoms. The van der Waals surface area contributed by atoms with Crippen LogP contribution >= 0.6 is 0 Å². The van der Waals surface area contributed by atoms with Crippen LogP contribution in [0.2, 0.25) is 0 Å². The number of hydrogen-bond donors (Lipinski definition) is 3. The van der Waals surface area contributed by atoms with Crippen LogP contribution in [0.15, 0.2) is 0 Å². The Bertz CT molecular complexity index is 91.7. The molecule has 62 valence electrons. The van der Waals surface area contributed by atoms with Gasteiger partial charge in [-0.2, -0.15) is 0 Å². The van der Waals surface area contributed by atoms with Gasteiger partial charge in [0.1, 0.15) is 5.78 Å². The minimum atomic E-state index is -1.96. The average Bonchev–Trinajstić information content (AvgIpc) is 1.63. The minimum Gasteiger partial charge on any atom is -0.354 e. The third-order valence-corrected chi connectivity index (χ3v) is 0.520. The summed E-state index contributed by atoms with van der Waals surface area (Å²) in [6, 6.07) is 0. The minimum absolute atomic E-state index is 0.160. The van der Waals surface area contributed by atoms with Gasteiger partial charge in [0.2, 0.25) is 5.91 Å². The van der Waals surface area contributed by atoms with E-state index in [2.05, 4.69) is 5.73 Å². The SMILES string of the molecule is CC(C)=O.CCC(N)(O)O. The summed E-state index contributed by atoms with van der Waals surface area (Å²) in [4.78, 5) is 9.44. The molecule has 4 heteroatoms. The van der Waals surface area contributed by atoms with Crippen LogP contribution in [0.4, 0.5) is 0 Å². The number of aliphatic hydroxyl groups is 2. The van der Waals surface area contributed by atoms with E-state index in [-0.39, 0.29) is 12.2 Å². The number of ketones is 1. The van der Waals surface area contributed by atoms with Crippen molar-refractivity contribution < 1.29 is 15.0 Å². The number of carbonyl (C=O) groups is 1. The number of hydrogen-bond acceptors (Lipinski definition) is 4. The van der Waals surface area contributed by atoms with Gasteiger partial charge in [-0.3, -0.25) is 5.73 Å². The third-order valence-electron chi connectivity index (χ3n) is 0.520. The van der Waals surface area contributed by atoms with Crippen molar-refractivity contribution in [2.45, 2.75) is 33.1 Å². The van der Waals surface area contributed by atoms with E-state index in [1.54, 1.807) is 6.92 Å². The van der Waals surface area contributed by atoms with Crippen LogP contribution < -0.4 is 5.73 Å². The van der Waals surface area contributed by atoms with Gasteiger partial charge in [-0.15, -0.1) is 0 Å². The Hall–Kier alpha value is -0.450. The van der Waals surface area contributed by atoms with E-state index in [4.69, 9.17) is 10.2 Å². The lowest BCUT2D eigenvalue weighted by Gasteiger charge is -2.10. The number of rotatable bonds is 1. The van der Waals surface area contributed by atoms with Crippen molar-refractivity contribution in [2.24, 2.45) is 5.73 Å². The summed E-state index contributed by atoms with van der Waals surface area (Å²) in [6.45, 7) is 4.64. The molecule has 0 saturated carbocycles. The zero-order valence-corrected chi connectivity index (χ0v) is 6.59. The highest BCUT2D eigenvalue weighted by Crippen LogP contribution is 1.90. The van der Waals surface area contributed by atoms with Crippen molar-refractivity contribution in [3.8, 4) is 0 Å². The Kier molecular flexibility index (Phi) is 6.54. The molecule has 0 aromatic heterocycles. The molecule has 0 aliphatic rings. The molecule has 10 heavy (non-hydrogen) atoms. The van der Waals surface area contributed by atoms with Gasteiger partial charge in [0.05, 0.1) is 0 Å². The van der Waals surface area contributed by atoms with Gasteiger partial charge in [0.25, 0.3) is 0 Å². The quantitative estimate of drug-likeness (QED) is 0.442. The Balaban J connectivity index is 0. The van der Waals surface area contributed by atoms with E-state index in [1.807, 2.05) is 0 Å². The summed E-state index contributed by atoms with van der Waals surface area (Å²) in [5.74, 6) is -1.79. The van der Waals surface area contributed by atoms with E-state index in [0.717, 1.165) is 0 Å². The first-order valence-corrected chi connectivity index (χ1v) is 3.00. The topological polar surface area (TPSA) is 83.6 Å². The van der Waals surface area contributed by atoms with Crippen molar-refractivity contribution >= 4 is 5.78 Å². The summed E-state index contributed by atoms with van der Waals surface area (Å²) >= 11 is 0. The van der Waals surface area contributed by atoms with E-state index < -0.39 is 5.91 Å². The monoisotopic (exact) mass is 149 g/mol. The number of carbonyl (C=O) groups excluding carboxylic acids is 1. The standard InChI is InChI=1S/C3H9NO2.C3H6O/c1-2-3(4,5)6;1-3(2)4/h5-6H,2,4H2,1H3;1-2H3. The summed E-state index contributed by atoms with van der Waals surface area (Å²) < 4.78 is 0. The molecular weight excluding hydrogens is 134 g/mol. The second-order valence-electron chi connectivity index (χ2n) is 2.14. The van der Waals surface area contributed by atoms with Gasteiger partial charge in [0.15, 0.2) is 0 Å². The highest BCUT2D eigenvalue weighted by Gasteiger charge is 2.09.